The molecular weight excluding hydrogens is 288 g/mol. The van der Waals surface area contributed by atoms with Crippen LogP contribution < -0.4 is 9.62 Å². The minimum absolute atomic E-state index is 0.122. The van der Waals surface area contributed by atoms with Crippen LogP contribution in [0.15, 0.2) is 12.1 Å². The van der Waals surface area contributed by atoms with Crippen molar-refractivity contribution in [2.75, 3.05) is 28.5 Å². The summed E-state index contributed by atoms with van der Waals surface area (Å²) in [6, 6.07) is 3.52. The van der Waals surface area contributed by atoms with Gasteiger partial charge in [0.05, 0.1) is 5.75 Å². The molecule has 1 fully saturated rings. The lowest BCUT2D eigenvalue weighted by Gasteiger charge is -2.31. The number of nitrogens with one attached hydrogen (secondary N) is 1. The van der Waals surface area contributed by atoms with Gasteiger partial charge in [0, 0.05) is 13.1 Å². The molecule has 0 aliphatic carbocycles. The molecule has 1 aliphatic heterocycles. The van der Waals surface area contributed by atoms with E-state index in [9.17, 15) is 8.42 Å². The maximum absolute atomic E-state index is 11.8. The lowest BCUT2D eigenvalue weighted by Crippen LogP contribution is -2.34. The second-order valence-corrected chi connectivity index (χ2v) is 7.59. The predicted octanol–water partition coefficient (Wildman–Crippen LogP) is 2.25. The third-order valence-corrected chi connectivity index (χ3v) is 5.00. The molecule has 7 heteroatoms. The summed E-state index contributed by atoms with van der Waals surface area (Å²) in [4.78, 5) is 2.20. The van der Waals surface area contributed by atoms with Crippen molar-refractivity contribution in [1.82, 2.24) is 10.2 Å². The molecule has 118 valence electrons. The number of nitrogens with zero attached hydrogens (tertiary/aromatic N) is 3. The second kappa shape index (κ2) is 7.06. The molecule has 1 N–H and O–H groups in total. The highest BCUT2D eigenvalue weighted by atomic mass is 32.2. The van der Waals surface area contributed by atoms with E-state index >= 15 is 0 Å². The first-order valence-corrected chi connectivity index (χ1v) is 9.24. The first-order valence-electron chi connectivity index (χ1n) is 7.59. The average molecular weight is 312 g/mol. The van der Waals surface area contributed by atoms with Gasteiger partial charge in [-0.3, -0.25) is 4.72 Å². The van der Waals surface area contributed by atoms with E-state index in [1.54, 1.807) is 6.07 Å². The van der Waals surface area contributed by atoms with Crippen LogP contribution in [0, 0.1) is 5.92 Å². The van der Waals surface area contributed by atoms with Crippen LogP contribution in [0.25, 0.3) is 0 Å². The van der Waals surface area contributed by atoms with Crippen molar-refractivity contribution in [3.8, 4) is 0 Å². The van der Waals surface area contributed by atoms with Gasteiger partial charge in [-0.15, -0.1) is 10.2 Å². The Labute approximate surface area is 127 Å². The van der Waals surface area contributed by atoms with Crippen LogP contribution in [0.4, 0.5) is 11.6 Å². The molecule has 0 spiro atoms. The summed E-state index contributed by atoms with van der Waals surface area (Å²) in [5.74, 6) is 1.89. The first-order chi connectivity index (χ1) is 10.00. The van der Waals surface area contributed by atoms with Gasteiger partial charge < -0.3 is 4.90 Å². The number of rotatable bonds is 6. The topological polar surface area (TPSA) is 75.2 Å². The zero-order chi connectivity index (χ0) is 15.3. The van der Waals surface area contributed by atoms with Crippen molar-refractivity contribution in [3.05, 3.63) is 12.1 Å². The van der Waals surface area contributed by atoms with Crippen LogP contribution >= 0.6 is 0 Å². The van der Waals surface area contributed by atoms with Crippen molar-refractivity contribution in [1.29, 1.82) is 0 Å². The van der Waals surface area contributed by atoms with Crippen LogP contribution in [-0.2, 0) is 10.0 Å². The Bertz CT molecular complexity index is 545. The summed E-state index contributed by atoms with van der Waals surface area (Å²) in [5.41, 5.74) is 0. The summed E-state index contributed by atoms with van der Waals surface area (Å²) in [6.07, 6.45) is 3.90. The molecule has 1 atom stereocenters. The average Bonchev–Trinajstić information content (AvgIpc) is 2.46. The lowest BCUT2D eigenvalue weighted by atomic mass is 10.0. The number of piperidine rings is 1. The van der Waals surface area contributed by atoms with Crippen molar-refractivity contribution in [2.45, 2.75) is 39.5 Å². The fraction of sp³-hybridized carbons (Fsp3) is 0.714. The van der Waals surface area contributed by atoms with E-state index < -0.39 is 10.0 Å². The Balaban J connectivity index is 1.98. The number of sulfonamides is 1. The number of hydrogen-bond acceptors (Lipinski definition) is 5. The second-order valence-electron chi connectivity index (χ2n) is 5.74. The van der Waals surface area contributed by atoms with Gasteiger partial charge in [-0.05, 0) is 37.3 Å². The molecule has 1 aliphatic rings. The summed E-state index contributed by atoms with van der Waals surface area (Å²) in [6.45, 7) is 6.16. The maximum Gasteiger partial charge on any atom is 0.233 e. The number of anilines is 2. The quantitative estimate of drug-likeness (QED) is 0.872. The van der Waals surface area contributed by atoms with E-state index in [1.165, 1.54) is 6.42 Å². The van der Waals surface area contributed by atoms with Gasteiger partial charge >= 0.3 is 0 Å². The molecular formula is C14H24N4O2S. The Morgan fingerprint density at radius 1 is 1.38 bits per heavy atom. The van der Waals surface area contributed by atoms with E-state index in [1.807, 2.05) is 13.0 Å². The van der Waals surface area contributed by atoms with Crippen molar-refractivity contribution >= 4 is 21.7 Å². The molecule has 6 nitrogen and oxygen atoms in total. The molecule has 0 aromatic carbocycles. The fourth-order valence-corrected chi connectivity index (χ4v) is 3.69. The molecule has 0 amide bonds. The third kappa shape index (κ3) is 4.84. The van der Waals surface area contributed by atoms with Gasteiger partial charge in [0.15, 0.2) is 11.6 Å². The highest BCUT2D eigenvalue weighted by Crippen LogP contribution is 2.21. The van der Waals surface area contributed by atoms with Crippen LogP contribution in [-0.4, -0.2) is 37.5 Å². The molecule has 1 aromatic rings. The van der Waals surface area contributed by atoms with Crippen molar-refractivity contribution < 1.29 is 8.42 Å². The monoisotopic (exact) mass is 312 g/mol. The van der Waals surface area contributed by atoms with Crippen LogP contribution in [0.3, 0.4) is 0 Å². The lowest BCUT2D eigenvalue weighted by molar-refractivity contribution is 0.444. The molecule has 0 radical (unpaired) electrons. The van der Waals surface area contributed by atoms with Crippen molar-refractivity contribution in [2.24, 2.45) is 5.92 Å². The predicted molar refractivity (Wildman–Crippen MR) is 85.0 cm³/mol. The van der Waals surface area contributed by atoms with Crippen LogP contribution in [0.5, 0.6) is 0 Å². The van der Waals surface area contributed by atoms with E-state index in [-0.39, 0.29) is 5.75 Å². The highest BCUT2D eigenvalue weighted by Gasteiger charge is 2.18. The zero-order valence-corrected chi connectivity index (χ0v) is 13.6. The number of hydrogen-bond donors (Lipinski definition) is 1. The Morgan fingerprint density at radius 2 is 2.19 bits per heavy atom. The standard InChI is InChI=1S/C14H24N4O2S/c1-3-4-10-21(19,20)17-13-7-8-14(16-15-13)18-9-5-6-12(2)11-18/h7-8,12H,3-6,9-11H2,1-2H3,(H,15,17). The molecule has 0 saturated carbocycles. The van der Waals surface area contributed by atoms with Gasteiger partial charge in [-0.2, -0.15) is 0 Å². The fourth-order valence-electron chi connectivity index (χ4n) is 2.49. The molecule has 2 heterocycles. The molecule has 1 unspecified atom stereocenters. The normalized spacial score (nSPS) is 19.5. The summed E-state index contributed by atoms with van der Waals surface area (Å²) in [5, 5.41) is 8.14. The molecule has 0 bridgehead atoms. The third-order valence-electron chi connectivity index (χ3n) is 3.66. The van der Waals surface area contributed by atoms with Gasteiger partial charge in [-0.1, -0.05) is 20.3 Å². The maximum atomic E-state index is 11.8. The Hall–Kier alpha value is -1.37. The summed E-state index contributed by atoms with van der Waals surface area (Å²) in [7, 11) is -3.31. The van der Waals surface area contributed by atoms with E-state index in [0.717, 1.165) is 31.7 Å². The van der Waals surface area contributed by atoms with Gasteiger partial charge in [0.1, 0.15) is 0 Å². The van der Waals surface area contributed by atoms with Crippen LogP contribution in [0.2, 0.25) is 0 Å². The van der Waals surface area contributed by atoms with Crippen molar-refractivity contribution in [3.63, 3.8) is 0 Å². The smallest absolute Gasteiger partial charge is 0.233 e. The number of unbranched alkanes of at least 4 members (excludes halogenated alkanes) is 1. The van der Waals surface area contributed by atoms with Gasteiger partial charge in [0.25, 0.3) is 0 Å². The largest absolute Gasteiger partial charge is 0.355 e. The van der Waals surface area contributed by atoms with E-state index in [4.69, 9.17) is 0 Å². The Morgan fingerprint density at radius 3 is 2.81 bits per heavy atom. The molecule has 2 rings (SSSR count). The summed E-state index contributed by atoms with van der Waals surface area (Å²) >= 11 is 0. The number of aromatic nitrogens is 2. The minimum Gasteiger partial charge on any atom is -0.355 e. The zero-order valence-electron chi connectivity index (χ0n) is 12.7. The van der Waals surface area contributed by atoms with Gasteiger partial charge in [0.2, 0.25) is 10.0 Å². The summed E-state index contributed by atoms with van der Waals surface area (Å²) < 4.78 is 26.1. The Kier molecular flexibility index (Phi) is 5.39. The minimum atomic E-state index is -3.31. The van der Waals surface area contributed by atoms with Crippen LogP contribution in [0.1, 0.15) is 39.5 Å². The van der Waals surface area contributed by atoms with E-state index in [2.05, 4.69) is 26.7 Å². The SMILES string of the molecule is CCCCS(=O)(=O)Nc1ccc(N2CCCC(C)C2)nn1. The highest BCUT2D eigenvalue weighted by molar-refractivity contribution is 7.92. The first kappa shape index (κ1) is 16.0. The molecule has 21 heavy (non-hydrogen) atoms. The molecule has 1 aromatic heterocycles. The van der Waals surface area contributed by atoms with Gasteiger partial charge in [-0.25, -0.2) is 8.42 Å². The van der Waals surface area contributed by atoms with E-state index in [0.29, 0.717) is 18.2 Å². The molecule has 1 saturated heterocycles.